The van der Waals surface area contributed by atoms with E-state index in [0.717, 1.165) is 9.87 Å². The number of anilines is 1. The van der Waals surface area contributed by atoms with Crippen LogP contribution in [0.2, 0.25) is 10.0 Å². The minimum Gasteiger partial charge on any atom is -0.352 e. The molecule has 0 bridgehead atoms. The normalized spacial score (nSPS) is 12.0. The van der Waals surface area contributed by atoms with Crippen molar-refractivity contribution in [1.82, 2.24) is 10.2 Å². The van der Waals surface area contributed by atoms with Crippen LogP contribution in [0, 0.1) is 0 Å². The molecule has 0 fully saturated rings. The Morgan fingerprint density at radius 1 is 0.818 bits per heavy atom. The number of carbonyl (C=O) groups excluding carboxylic acids is 2. The first kappa shape index (κ1) is 33.5. The lowest BCUT2D eigenvalue weighted by Crippen LogP contribution is -2.54. The van der Waals surface area contributed by atoms with Gasteiger partial charge in [0.25, 0.3) is 10.0 Å². The maximum atomic E-state index is 14.4. The summed E-state index contributed by atoms with van der Waals surface area (Å²) in [5, 5.41) is 3.58. The van der Waals surface area contributed by atoms with Crippen LogP contribution in [-0.2, 0) is 32.6 Å². The van der Waals surface area contributed by atoms with E-state index in [2.05, 4.69) is 21.2 Å². The second kappa shape index (κ2) is 15.1. The second-order valence-electron chi connectivity index (χ2n) is 10.4. The largest absolute Gasteiger partial charge is 0.352 e. The van der Waals surface area contributed by atoms with Crippen LogP contribution in [0.3, 0.4) is 0 Å². The summed E-state index contributed by atoms with van der Waals surface area (Å²) in [4.78, 5) is 29.6. The zero-order valence-corrected chi connectivity index (χ0v) is 28.1. The number of nitrogens with one attached hydrogen (secondary N) is 1. The fourth-order valence-electron chi connectivity index (χ4n) is 4.65. The van der Waals surface area contributed by atoms with Crippen molar-refractivity contribution in [2.45, 2.75) is 43.8 Å². The summed E-state index contributed by atoms with van der Waals surface area (Å²) < 4.78 is 29.7. The van der Waals surface area contributed by atoms with Gasteiger partial charge in [0.15, 0.2) is 0 Å². The number of hydrogen-bond donors (Lipinski definition) is 1. The topological polar surface area (TPSA) is 86.8 Å². The van der Waals surface area contributed by atoms with Gasteiger partial charge in [-0.2, -0.15) is 0 Å². The lowest BCUT2D eigenvalue weighted by atomic mass is 10.0. The van der Waals surface area contributed by atoms with Crippen molar-refractivity contribution in [3.63, 3.8) is 0 Å². The standard InChI is InChI=1S/C33H32BrCl2N3O4S/c1-23(2)37-33(41)31(19-24-10-5-3-6-11-24)38(21-25-16-17-29(35)30(36)18-25)32(40)22-39(27-13-9-12-26(34)20-27)44(42,43)28-14-7-4-8-15-28/h3-18,20,23,31H,19,21-22H2,1-2H3,(H,37,41)/t31-/m1/s1. The molecule has 0 aliphatic heterocycles. The molecule has 0 heterocycles. The number of halogens is 3. The first-order chi connectivity index (χ1) is 21.0. The van der Waals surface area contributed by atoms with E-state index in [9.17, 15) is 18.0 Å². The lowest BCUT2D eigenvalue weighted by molar-refractivity contribution is -0.140. The van der Waals surface area contributed by atoms with Gasteiger partial charge in [0.2, 0.25) is 11.8 Å². The van der Waals surface area contributed by atoms with E-state index in [1.54, 1.807) is 60.7 Å². The van der Waals surface area contributed by atoms with Crippen LogP contribution < -0.4 is 9.62 Å². The quantitative estimate of drug-likeness (QED) is 0.169. The first-order valence-electron chi connectivity index (χ1n) is 13.9. The van der Waals surface area contributed by atoms with Gasteiger partial charge >= 0.3 is 0 Å². The molecule has 0 saturated heterocycles. The average molecular weight is 718 g/mol. The number of carbonyl (C=O) groups is 2. The molecule has 4 rings (SSSR count). The van der Waals surface area contributed by atoms with Crippen LogP contribution >= 0.6 is 39.1 Å². The van der Waals surface area contributed by atoms with Crippen LogP contribution in [0.1, 0.15) is 25.0 Å². The van der Waals surface area contributed by atoms with Gasteiger partial charge in [0.05, 0.1) is 20.6 Å². The Hall–Kier alpha value is -3.37. The zero-order valence-electron chi connectivity index (χ0n) is 24.2. The second-order valence-corrected chi connectivity index (χ2v) is 14.0. The summed E-state index contributed by atoms with van der Waals surface area (Å²) in [6, 6.07) is 27.8. The van der Waals surface area contributed by atoms with Crippen molar-refractivity contribution in [3.8, 4) is 0 Å². The molecular weight excluding hydrogens is 685 g/mol. The van der Waals surface area contributed by atoms with E-state index in [0.29, 0.717) is 20.1 Å². The van der Waals surface area contributed by atoms with E-state index < -0.39 is 28.5 Å². The van der Waals surface area contributed by atoms with E-state index in [1.165, 1.54) is 17.0 Å². The van der Waals surface area contributed by atoms with Crippen LogP contribution in [0.25, 0.3) is 0 Å². The molecule has 0 aromatic heterocycles. The fraction of sp³-hybridized carbons (Fsp3) is 0.212. The van der Waals surface area contributed by atoms with Crippen molar-refractivity contribution in [3.05, 3.63) is 129 Å². The molecule has 1 N–H and O–H groups in total. The highest BCUT2D eigenvalue weighted by atomic mass is 79.9. The molecule has 0 aliphatic carbocycles. The third kappa shape index (κ3) is 8.63. The molecule has 44 heavy (non-hydrogen) atoms. The van der Waals surface area contributed by atoms with Gasteiger partial charge in [-0.3, -0.25) is 13.9 Å². The van der Waals surface area contributed by atoms with Crippen molar-refractivity contribution in [2.75, 3.05) is 10.8 Å². The Bertz CT molecular complexity index is 1710. The summed E-state index contributed by atoms with van der Waals surface area (Å²) in [5.41, 5.74) is 1.75. The molecule has 0 radical (unpaired) electrons. The molecule has 2 amide bonds. The van der Waals surface area contributed by atoms with Crippen molar-refractivity contribution >= 4 is 66.7 Å². The maximum Gasteiger partial charge on any atom is 0.264 e. The number of sulfonamides is 1. The lowest BCUT2D eigenvalue weighted by Gasteiger charge is -2.34. The van der Waals surface area contributed by atoms with Gasteiger partial charge in [-0.25, -0.2) is 8.42 Å². The Kier molecular flexibility index (Phi) is 11.5. The molecule has 1 atom stereocenters. The summed E-state index contributed by atoms with van der Waals surface area (Å²) in [6.45, 7) is 3.10. The van der Waals surface area contributed by atoms with Crippen LogP contribution in [0.4, 0.5) is 5.69 Å². The third-order valence-electron chi connectivity index (χ3n) is 6.75. The number of amides is 2. The highest BCUT2D eigenvalue weighted by Crippen LogP contribution is 2.28. The summed E-state index contributed by atoms with van der Waals surface area (Å²) >= 11 is 15.9. The minimum absolute atomic E-state index is 0.0174. The highest BCUT2D eigenvalue weighted by Gasteiger charge is 2.35. The van der Waals surface area contributed by atoms with Crippen LogP contribution in [-0.4, -0.2) is 43.8 Å². The highest BCUT2D eigenvalue weighted by molar-refractivity contribution is 9.10. The fourth-order valence-corrected chi connectivity index (χ4v) is 6.78. The van der Waals surface area contributed by atoms with Crippen molar-refractivity contribution in [2.24, 2.45) is 0 Å². The Balaban J connectivity index is 1.81. The van der Waals surface area contributed by atoms with Gasteiger partial charge in [-0.15, -0.1) is 0 Å². The number of rotatable bonds is 12. The molecule has 4 aromatic carbocycles. The predicted molar refractivity (Wildman–Crippen MR) is 179 cm³/mol. The van der Waals surface area contributed by atoms with E-state index in [-0.39, 0.29) is 35.5 Å². The van der Waals surface area contributed by atoms with Crippen LogP contribution in [0.5, 0.6) is 0 Å². The van der Waals surface area contributed by atoms with Crippen molar-refractivity contribution in [1.29, 1.82) is 0 Å². The Morgan fingerprint density at radius 3 is 2.09 bits per heavy atom. The van der Waals surface area contributed by atoms with Gasteiger partial charge in [0, 0.05) is 23.5 Å². The zero-order chi connectivity index (χ0) is 31.9. The van der Waals surface area contributed by atoms with Gasteiger partial charge in [-0.1, -0.05) is 99.8 Å². The Labute approximate surface area is 277 Å². The van der Waals surface area contributed by atoms with E-state index in [4.69, 9.17) is 23.2 Å². The SMILES string of the molecule is CC(C)NC(=O)[C@@H](Cc1ccccc1)N(Cc1ccc(Cl)c(Cl)c1)C(=O)CN(c1cccc(Br)c1)S(=O)(=O)c1ccccc1. The molecule has 7 nitrogen and oxygen atoms in total. The number of benzene rings is 4. The molecule has 11 heteroatoms. The molecular formula is C33H32BrCl2N3O4S. The van der Waals surface area contributed by atoms with Crippen LogP contribution in [0.15, 0.2) is 112 Å². The monoisotopic (exact) mass is 715 g/mol. The molecule has 0 saturated carbocycles. The molecule has 230 valence electrons. The smallest absolute Gasteiger partial charge is 0.264 e. The van der Waals surface area contributed by atoms with Gasteiger partial charge in [-0.05, 0) is 67.4 Å². The van der Waals surface area contributed by atoms with E-state index in [1.807, 2.05) is 44.2 Å². The molecule has 0 spiro atoms. The maximum absolute atomic E-state index is 14.4. The van der Waals surface area contributed by atoms with Gasteiger partial charge < -0.3 is 10.2 Å². The number of hydrogen-bond acceptors (Lipinski definition) is 4. The Morgan fingerprint density at radius 2 is 1.48 bits per heavy atom. The number of nitrogens with zero attached hydrogens (tertiary/aromatic N) is 2. The van der Waals surface area contributed by atoms with Crippen molar-refractivity contribution < 1.29 is 18.0 Å². The molecule has 4 aromatic rings. The molecule has 0 aliphatic rings. The third-order valence-corrected chi connectivity index (χ3v) is 9.77. The van der Waals surface area contributed by atoms with E-state index >= 15 is 0 Å². The summed E-state index contributed by atoms with van der Waals surface area (Å²) in [5.74, 6) is -0.937. The summed E-state index contributed by atoms with van der Waals surface area (Å²) in [6.07, 6.45) is 0.203. The van der Waals surface area contributed by atoms with Gasteiger partial charge in [0.1, 0.15) is 12.6 Å². The first-order valence-corrected chi connectivity index (χ1v) is 16.9. The predicted octanol–water partition coefficient (Wildman–Crippen LogP) is 7.12. The average Bonchev–Trinajstić information content (AvgIpc) is 2.99. The molecule has 0 unspecified atom stereocenters. The minimum atomic E-state index is -4.18. The summed E-state index contributed by atoms with van der Waals surface area (Å²) in [7, 11) is -4.18.